The molecule has 2 aromatic carbocycles. The van der Waals surface area contributed by atoms with Crippen LogP contribution >= 0.6 is 22.9 Å². The summed E-state index contributed by atoms with van der Waals surface area (Å²) in [6.07, 6.45) is 3.08. The summed E-state index contributed by atoms with van der Waals surface area (Å²) in [6.45, 7) is 6.54. The summed E-state index contributed by atoms with van der Waals surface area (Å²) in [5.41, 5.74) is 1.43. The second-order valence-corrected chi connectivity index (χ2v) is 10.6. The van der Waals surface area contributed by atoms with Crippen molar-refractivity contribution in [2.24, 2.45) is 4.99 Å². The number of hydrogen-bond acceptors (Lipinski definition) is 9. The third-order valence-corrected chi connectivity index (χ3v) is 7.68. The molecule has 9 nitrogen and oxygen atoms in total. The van der Waals surface area contributed by atoms with Gasteiger partial charge in [0, 0.05) is 18.6 Å². The monoisotopic (exact) mass is 604 g/mol. The van der Waals surface area contributed by atoms with Crippen LogP contribution in [0.25, 0.3) is 17.4 Å². The van der Waals surface area contributed by atoms with Crippen LogP contribution in [0.4, 0.5) is 0 Å². The largest absolute Gasteiger partial charge is 0.493 e. The molecule has 5 rings (SSSR count). The molecule has 2 aromatic heterocycles. The fraction of sp³-hybridized carbons (Fsp3) is 0.161. The van der Waals surface area contributed by atoms with E-state index < -0.39 is 18.0 Å². The molecule has 42 heavy (non-hydrogen) atoms. The first-order chi connectivity index (χ1) is 20.2. The van der Waals surface area contributed by atoms with Crippen molar-refractivity contribution in [2.45, 2.75) is 19.9 Å². The summed E-state index contributed by atoms with van der Waals surface area (Å²) in [7, 11) is 1.43. The quantitative estimate of drug-likeness (QED) is 0.161. The second kappa shape index (κ2) is 12.1. The molecule has 0 bridgehead atoms. The maximum atomic E-state index is 13.9. The number of furan rings is 1. The Hall–Kier alpha value is -4.67. The van der Waals surface area contributed by atoms with Crippen LogP contribution in [-0.2, 0) is 14.3 Å². The Kier molecular flexibility index (Phi) is 8.28. The first-order valence-electron chi connectivity index (χ1n) is 12.7. The van der Waals surface area contributed by atoms with E-state index in [2.05, 4.69) is 11.6 Å². The van der Waals surface area contributed by atoms with E-state index in [1.54, 1.807) is 49.4 Å². The Labute approximate surface area is 249 Å². The van der Waals surface area contributed by atoms with Crippen LogP contribution in [0.1, 0.15) is 31.2 Å². The number of halogens is 1. The Bertz CT molecular complexity index is 1930. The number of esters is 2. The van der Waals surface area contributed by atoms with Crippen molar-refractivity contribution in [2.75, 3.05) is 13.7 Å². The number of methoxy groups -OCH3 is 1. The molecule has 1 aliphatic rings. The number of thiazole rings is 1. The normalized spacial score (nSPS) is 14.7. The number of aromatic nitrogens is 1. The van der Waals surface area contributed by atoms with E-state index in [0.717, 1.165) is 16.9 Å². The lowest BCUT2D eigenvalue weighted by Crippen LogP contribution is -2.40. The van der Waals surface area contributed by atoms with Gasteiger partial charge in [-0.3, -0.25) is 14.2 Å². The van der Waals surface area contributed by atoms with Gasteiger partial charge in [0.25, 0.3) is 5.56 Å². The summed E-state index contributed by atoms with van der Waals surface area (Å²) in [6, 6.07) is 14.7. The number of benzene rings is 2. The molecule has 214 valence electrons. The summed E-state index contributed by atoms with van der Waals surface area (Å²) in [5, 5.41) is 0.541. The third kappa shape index (κ3) is 5.59. The van der Waals surface area contributed by atoms with Crippen LogP contribution in [0.5, 0.6) is 11.5 Å². The lowest BCUT2D eigenvalue weighted by Gasteiger charge is -2.25. The van der Waals surface area contributed by atoms with E-state index >= 15 is 0 Å². The molecule has 0 fully saturated rings. The highest BCUT2D eigenvalue weighted by molar-refractivity contribution is 7.07. The van der Waals surface area contributed by atoms with Gasteiger partial charge >= 0.3 is 11.9 Å². The molecule has 0 N–H and O–H groups in total. The number of rotatable bonds is 8. The smallest absolute Gasteiger partial charge is 0.338 e. The van der Waals surface area contributed by atoms with E-state index in [0.29, 0.717) is 37.1 Å². The standard InChI is InChI=1S/C31H25ClN2O7S/c1-5-14-39-30(37)27-17(2)33-31-34(28(27)19-10-12-24(40-18(3)35)25(15-19)38-4)29(36)26(42-31)16-20-11-13-23(41-20)21-8-6-7-9-22(21)32/h5-13,15-16,28H,1,14H2,2-4H3/b26-16-. The van der Waals surface area contributed by atoms with Gasteiger partial charge in [0.2, 0.25) is 0 Å². The molecule has 0 aliphatic carbocycles. The van der Waals surface area contributed by atoms with Crippen LogP contribution in [-0.4, -0.2) is 30.2 Å². The minimum atomic E-state index is -0.906. The van der Waals surface area contributed by atoms with Gasteiger partial charge < -0.3 is 18.6 Å². The molecule has 1 atom stereocenters. The van der Waals surface area contributed by atoms with Gasteiger partial charge in [-0.2, -0.15) is 0 Å². The number of ether oxygens (including phenoxy) is 3. The van der Waals surface area contributed by atoms with Gasteiger partial charge in [-0.1, -0.05) is 53.8 Å². The fourth-order valence-electron chi connectivity index (χ4n) is 4.57. The molecule has 0 amide bonds. The van der Waals surface area contributed by atoms with Crippen molar-refractivity contribution < 1.29 is 28.2 Å². The number of carbonyl (C=O) groups excluding carboxylic acids is 2. The lowest BCUT2D eigenvalue weighted by atomic mass is 9.95. The molecule has 0 radical (unpaired) electrons. The zero-order valence-electron chi connectivity index (χ0n) is 22.9. The van der Waals surface area contributed by atoms with Gasteiger partial charge in [0.05, 0.1) is 34.0 Å². The number of hydrogen-bond donors (Lipinski definition) is 0. The van der Waals surface area contributed by atoms with Crippen molar-refractivity contribution >= 4 is 41.0 Å². The van der Waals surface area contributed by atoms with E-state index in [9.17, 15) is 14.4 Å². The molecular weight excluding hydrogens is 580 g/mol. The van der Waals surface area contributed by atoms with Crippen molar-refractivity contribution in [1.29, 1.82) is 0 Å². The summed E-state index contributed by atoms with van der Waals surface area (Å²) in [5.74, 6) is 0.287. The van der Waals surface area contributed by atoms with E-state index in [1.807, 2.05) is 18.2 Å². The molecule has 0 spiro atoms. The number of allylic oxidation sites excluding steroid dienone is 1. The average molecular weight is 605 g/mol. The Morgan fingerprint density at radius 1 is 1.17 bits per heavy atom. The molecule has 1 aliphatic heterocycles. The first-order valence-corrected chi connectivity index (χ1v) is 13.9. The highest BCUT2D eigenvalue weighted by Crippen LogP contribution is 2.36. The summed E-state index contributed by atoms with van der Waals surface area (Å²) >= 11 is 7.48. The minimum absolute atomic E-state index is 0.0201. The highest BCUT2D eigenvalue weighted by Gasteiger charge is 2.34. The molecule has 4 aromatic rings. The van der Waals surface area contributed by atoms with Crippen molar-refractivity contribution in [1.82, 2.24) is 4.57 Å². The van der Waals surface area contributed by atoms with Crippen LogP contribution in [0.15, 0.2) is 92.7 Å². The van der Waals surface area contributed by atoms with Crippen LogP contribution < -0.4 is 24.4 Å². The first kappa shape index (κ1) is 28.8. The molecule has 3 heterocycles. The predicted molar refractivity (Wildman–Crippen MR) is 158 cm³/mol. The van der Waals surface area contributed by atoms with Gasteiger partial charge in [0.15, 0.2) is 16.3 Å². The summed E-state index contributed by atoms with van der Waals surface area (Å²) < 4.78 is 23.8. The zero-order chi connectivity index (χ0) is 30.0. The highest BCUT2D eigenvalue weighted by atomic mass is 35.5. The van der Waals surface area contributed by atoms with Gasteiger partial charge in [0.1, 0.15) is 18.1 Å². The van der Waals surface area contributed by atoms with Gasteiger partial charge in [-0.25, -0.2) is 9.79 Å². The molecule has 11 heteroatoms. The van der Waals surface area contributed by atoms with Gasteiger partial charge in [-0.15, -0.1) is 0 Å². The predicted octanol–water partition coefficient (Wildman–Crippen LogP) is 4.81. The second-order valence-electron chi connectivity index (χ2n) is 9.15. The molecule has 0 saturated carbocycles. The molecular formula is C31H25ClN2O7S. The lowest BCUT2D eigenvalue weighted by molar-refractivity contribution is -0.138. The summed E-state index contributed by atoms with van der Waals surface area (Å²) in [4.78, 5) is 43.7. The van der Waals surface area contributed by atoms with E-state index in [-0.39, 0.29) is 29.2 Å². The number of fused-ring (bicyclic) bond motifs is 1. The topological polar surface area (TPSA) is 109 Å². The Morgan fingerprint density at radius 3 is 2.67 bits per heavy atom. The SMILES string of the molecule is C=CCOC(=O)C1=C(C)N=c2s/c(=C\c3ccc(-c4ccccc4Cl)o3)c(=O)n2C1c1ccc(OC(C)=O)c(OC)c1. The maximum Gasteiger partial charge on any atom is 0.338 e. The van der Waals surface area contributed by atoms with Crippen molar-refractivity contribution in [3.63, 3.8) is 0 Å². The Balaban J connectivity index is 1.65. The van der Waals surface area contributed by atoms with Gasteiger partial charge in [-0.05, 0) is 48.9 Å². The minimum Gasteiger partial charge on any atom is -0.493 e. The average Bonchev–Trinajstić information content (AvgIpc) is 3.55. The van der Waals surface area contributed by atoms with Crippen molar-refractivity contribution in [3.8, 4) is 22.8 Å². The van der Waals surface area contributed by atoms with E-state index in [1.165, 1.54) is 24.7 Å². The Morgan fingerprint density at radius 2 is 1.95 bits per heavy atom. The number of carbonyl (C=O) groups is 2. The maximum absolute atomic E-state index is 13.9. The third-order valence-electron chi connectivity index (χ3n) is 6.37. The van der Waals surface area contributed by atoms with E-state index in [4.69, 9.17) is 30.2 Å². The van der Waals surface area contributed by atoms with Crippen LogP contribution in [0.3, 0.4) is 0 Å². The molecule has 0 saturated heterocycles. The fourth-order valence-corrected chi connectivity index (χ4v) is 5.82. The van der Waals surface area contributed by atoms with Crippen LogP contribution in [0.2, 0.25) is 5.02 Å². The zero-order valence-corrected chi connectivity index (χ0v) is 24.5. The molecule has 1 unspecified atom stereocenters. The van der Waals surface area contributed by atoms with Crippen LogP contribution in [0, 0.1) is 0 Å². The van der Waals surface area contributed by atoms with Crippen molar-refractivity contribution in [3.05, 3.63) is 115 Å². The number of nitrogens with zero attached hydrogens (tertiary/aromatic N) is 2.